The molecule has 17 N–H and O–H groups in total. The van der Waals surface area contributed by atoms with Gasteiger partial charge in [0, 0.05) is 80.2 Å². The maximum absolute atomic E-state index is 13.6. The molecule has 26 heteroatoms. The van der Waals surface area contributed by atoms with Crippen molar-refractivity contribution in [3.63, 3.8) is 0 Å². The SMILES string of the molecule is CC(/C=C/CC/C=C/C=C/C=C/C=C/C(=O)NC1=C(O)CCC1=O)C(O)C(C)C(O)/C=C/C=C/C=C/C=C/C=C/CC(OC1OC(C)C(O)C(O)C1O)C(C)C(=O)CC(O)CC(O)CC(O)/C=C/CC(O)CC(O)CC(O)CC(O)/C=C/CC(O)CC(O)CCCNC(=O)c1ccc([N+](=O)[O-])cc1. The van der Waals surface area contributed by atoms with E-state index in [4.69, 9.17) is 9.47 Å². The van der Waals surface area contributed by atoms with Crippen LogP contribution in [-0.2, 0) is 23.9 Å². The van der Waals surface area contributed by atoms with Gasteiger partial charge < -0.3 is 96.7 Å². The van der Waals surface area contributed by atoms with Gasteiger partial charge in [0.05, 0.1) is 84.3 Å². The summed E-state index contributed by atoms with van der Waals surface area (Å²) < 4.78 is 11.7. The lowest BCUT2D eigenvalue weighted by molar-refractivity contribution is -0.384. The molecule has 3 rings (SSSR count). The Bertz CT molecular complexity index is 3110. The summed E-state index contributed by atoms with van der Waals surface area (Å²) >= 11 is 0. The Balaban J connectivity index is 1.36. The summed E-state index contributed by atoms with van der Waals surface area (Å²) in [5.74, 6) is -3.39. The Kier molecular flexibility index (Phi) is 43.8. The van der Waals surface area contributed by atoms with Crippen LogP contribution in [0.25, 0.3) is 0 Å². The molecular weight excluding hydrogens is 1330 g/mol. The van der Waals surface area contributed by atoms with Crippen molar-refractivity contribution in [2.75, 3.05) is 6.54 Å². The number of nitrogens with one attached hydrogen (secondary N) is 2. The van der Waals surface area contributed by atoms with E-state index in [2.05, 4.69) is 10.6 Å². The van der Waals surface area contributed by atoms with E-state index in [0.717, 1.165) is 12.8 Å². The number of aliphatic hydroxyl groups excluding tert-OH is 15. The third-order valence-corrected chi connectivity index (χ3v) is 17.2. The summed E-state index contributed by atoms with van der Waals surface area (Å²) in [6, 6.07) is 5.12. The first-order valence-electron chi connectivity index (χ1n) is 35.1. The van der Waals surface area contributed by atoms with E-state index < -0.39 is 145 Å². The van der Waals surface area contributed by atoms with Crippen LogP contribution >= 0.6 is 0 Å². The number of allylic oxidation sites excluding steroid dienone is 18. The van der Waals surface area contributed by atoms with Gasteiger partial charge in [-0.1, -0.05) is 161 Å². The summed E-state index contributed by atoms with van der Waals surface area (Å²) in [6.07, 6.45) is 21.8. The van der Waals surface area contributed by atoms with E-state index >= 15 is 0 Å². The quantitative estimate of drug-likeness (QED) is 0.00973. The highest BCUT2D eigenvalue weighted by molar-refractivity contribution is 6.03. The fraction of sp³-hybridized carbons (Fsp3) is 0.532. The number of Topliss-reactive ketones (excluding diaryl/α,β-unsaturated/α-hetero) is 2. The molecule has 572 valence electrons. The van der Waals surface area contributed by atoms with E-state index in [9.17, 15) is 106 Å². The molecule has 1 aliphatic heterocycles. The molecule has 2 aliphatic rings. The monoisotopic (exact) mass is 1450 g/mol. The summed E-state index contributed by atoms with van der Waals surface area (Å²) in [4.78, 5) is 59.8. The highest BCUT2D eigenvalue weighted by Crippen LogP contribution is 2.28. The molecule has 1 saturated heterocycles. The normalized spacial score (nSPS) is 22.6. The van der Waals surface area contributed by atoms with Crippen LogP contribution in [-0.4, -0.2) is 215 Å². The second-order valence-electron chi connectivity index (χ2n) is 26.2. The van der Waals surface area contributed by atoms with Gasteiger partial charge >= 0.3 is 0 Å². The molecule has 0 spiro atoms. The van der Waals surface area contributed by atoms with Gasteiger partial charge in [-0.2, -0.15) is 0 Å². The van der Waals surface area contributed by atoms with Crippen molar-refractivity contribution in [2.45, 2.75) is 234 Å². The Morgan fingerprint density at radius 3 is 1.71 bits per heavy atom. The number of ether oxygens (including phenoxy) is 2. The second-order valence-corrected chi connectivity index (χ2v) is 26.2. The number of hydrogen-bond acceptors (Lipinski definition) is 23. The average molecular weight is 1450 g/mol. The summed E-state index contributed by atoms with van der Waals surface area (Å²) in [5, 5.41) is 174. The van der Waals surface area contributed by atoms with Gasteiger partial charge in [0.15, 0.2) is 12.1 Å². The predicted octanol–water partition coefficient (Wildman–Crippen LogP) is 5.37. The number of ketones is 2. The van der Waals surface area contributed by atoms with Gasteiger partial charge in [-0.05, 0) is 89.7 Å². The fourth-order valence-electron chi connectivity index (χ4n) is 11.0. The molecular formula is C77H111N3O23. The molecule has 0 saturated carbocycles. The first kappa shape index (κ1) is 89.9. The zero-order valence-electron chi connectivity index (χ0n) is 59.2. The van der Waals surface area contributed by atoms with Crippen molar-refractivity contribution >= 4 is 29.1 Å². The van der Waals surface area contributed by atoms with Crippen LogP contribution in [0, 0.1) is 27.9 Å². The van der Waals surface area contributed by atoms with Crippen LogP contribution in [0.1, 0.15) is 141 Å². The fourth-order valence-corrected chi connectivity index (χ4v) is 11.0. The Morgan fingerprint density at radius 2 is 1.13 bits per heavy atom. The molecule has 1 aliphatic carbocycles. The zero-order chi connectivity index (χ0) is 76.4. The standard InChI is InChI=1S/C77H111N3O23/c1-50(27-20-16-12-8-5-6-11-15-19-23-35-70(94)79-71-66(91)40-41-67(71)92)72(95)52(3)65(90)33-21-17-13-9-7-10-14-18-22-34-69(103-77-75(98)74(97)73(96)53(4)102-77)51(2)68(93)49-64(89)48-63(88)46-59(84)31-25-30-58(83)45-62(87)47-61(86)44-57(82)29-24-28-56(81)43-60(85)32-26-42-78-76(99)54-36-38-55(39-37-54)80(100)101/h5-11,13-15,17-25,27,29,31,33,35-39,50-53,56-65,69,72-75,77,81-91,95-98H,12,16,26,28,30,32,34,40-49H2,1-4H3,(H,78,99)(H,79,94)/b8-5+,9-7+,11-6+,14-10+,17-13+,19-15+,22-18+,27-20+,29-24+,31-25+,33-21+,35-23+. The zero-order valence-corrected chi connectivity index (χ0v) is 59.2. The molecule has 20 unspecified atom stereocenters. The largest absolute Gasteiger partial charge is 0.510 e. The van der Waals surface area contributed by atoms with E-state index in [-0.39, 0.29) is 118 Å². The molecule has 1 aromatic carbocycles. The third kappa shape index (κ3) is 37.3. The molecule has 0 aromatic heterocycles. The molecule has 103 heavy (non-hydrogen) atoms. The number of rotatable bonds is 49. The smallest absolute Gasteiger partial charge is 0.269 e. The number of benzene rings is 1. The number of carbonyl (C=O) groups excluding carboxylic acids is 4. The first-order valence-corrected chi connectivity index (χ1v) is 35.1. The van der Waals surface area contributed by atoms with Gasteiger partial charge in [-0.3, -0.25) is 29.3 Å². The van der Waals surface area contributed by atoms with Crippen molar-refractivity contribution in [3.8, 4) is 0 Å². The van der Waals surface area contributed by atoms with E-state index in [1.165, 1.54) is 67.6 Å². The molecule has 2 amide bonds. The summed E-state index contributed by atoms with van der Waals surface area (Å²) in [5.41, 5.74) is 0.0620. The summed E-state index contributed by atoms with van der Waals surface area (Å²) in [6.45, 7) is 6.92. The maximum Gasteiger partial charge on any atom is 0.269 e. The van der Waals surface area contributed by atoms with Crippen LogP contribution in [0.4, 0.5) is 5.69 Å². The molecule has 20 atom stereocenters. The van der Waals surface area contributed by atoms with Gasteiger partial charge in [0.2, 0.25) is 5.91 Å². The number of unbranched alkanes of at least 4 members (excludes halogenated alkanes) is 1. The minimum absolute atomic E-state index is 0.0124. The number of hydrogen-bond donors (Lipinski definition) is 17. The lowest BCUT2D eigenvalue weighted by Crippen LogP contribution is -2.58. The average Bonchev–Trinajstić information content (AvgIpc) is 1.42. The molecule has 0 radical (unpaired) electrons. The third-order valence-electron chi connectivity index (χ3n) is 17.2. The van der Waals surface area contributed by atoms with Gasteiger partial charge in [-0.25, -0.2) is 0 Å². The minimum Gasteiger partial charge on any atom is -0.510 e. The summed E-state index contributed by atoms with van der Waals surface area (Å²) in [7, 11) is 0. The van der Waals surface area contributed by atoms with E-state index in [0.29, 0.717) is 6.42 Å². The Hall–Kier alpha value is -7.32. The van der Waals surface area contributed by atoms with E-state index in [1.807, 2.05) is 37.3 Å². The van der Waals surface area contributed by atoms with Crippen molar-refractivity contribution in [2.24, 2.45) is 17.8 Å². The van der Waals surface area contributed by atoms with Gasteiger partial charge in [-0.15, -0.1) is 0 Å². The minimum atomic E-state index is -1.66. The topological polar surface area (TPSA) is 457 Å². The van der Waals surface area contributed by atoms with Crippen molar-refractivity contribution < 1.29 is 110 Å². The van der Waals surface area contributed by atoms with Crippen LogP contribution in [0.3, 0.4) is 0 Å². The number of amides is 2. The lowest BCUT2D eigenvalue weighted by atomic mass is 9.88. The van der Waals surface area contributed by atoms with Crippen LogP contribution in [0.2, 0.25) is 0 Å². The number of nitro benzene ring substituents is 1. The lowest BCUT2D eigenvalue weighted by Gasteiger charge is -2.41. The maximum atomic E-state index is 13.6. The highest BCUT2D eigenvalue weighted by Gasteiger charge is 2.44. The first-order chi connectivity index (χ1) is 49.0. The number of non-ortho nitro benzene ring substituents is 1. The Labute approximate surface area is 603 Å². The van der Waals surface area contributed by atoms with Crippen molar-refractivity contribution in [3.05, 3.63) is 197 Å². The number of carbonyl (C=O) groups is 4. The van der Waals surface area contributed by atoms with Crippen molar-refractivity contribution in [1.82, 2.24) is 10.6 Å². The number of nitrogens with zero attached hydrogens (tertiary/aromatic N) is 1. The van der Waals surface area contributed by atoms with Crippen molar-refractivity contribution in [1.29, 1.82) is 0 Å². The van der Waals surface area contributed by atoms with E-state index in [1.54, 1.807) is 92.8 Å². The highest BCUT2D eigenvalue weighted by atomic mass is 16.7. The van der Waals surface area contributed by atoms with Gasteiger partial charge in [0.1, 0.15) is 35.6 Å². The van der Waals surface area contributed by atoms with Gasteiger partial charge in [0.25, 0.3) is 11.6 Å². The second kappa shape index (κ2) is 50.2. The number of nitro groups is 1. The van der Waals surface area contributed by atoms with Crippen LogP contribution in [0.5, 0.6) is 0 Å². The number of aliphatic hydroxyl groups is 15. The molecule has 1 fully saturated rings. The van der Waals surface area contributed by atoms with Crippen LogP contribution < -0.4 is 10.6 Å². The Morgan fingerprint density at radius 1 is 0.602 bits per heavy atom. The van der Waals surface area contributed by atoms with Crippen LogP contribution in [0.15, 0.2) is 182 Å². The molecule has 1 aromatic rings. The molecule has 26 nitrogen and oxygen atoms in total. The molecule has 0 bridgehead atoms. The molecule has 1 heterocycles. The predicted molar refractivity (Wildman–Crippen MR) is 388 cm³/mol.